The summed E-state index contributed by atoms with van der Waals surface area (Å²) in [7, 11) is 0. The van der Waals surface area contributed by atoms with Gasteiger partial charge in [0, 0.05) is 44.1 Å². The Morgan fingerprint density at radius 1 is 1.11 bits per heavy atom. The summed E-state index contributed by atoms with van der Waals surface area (Å²) in [5.41, 5.74) is 5.44. The van der Waals surface area contributed by atoms with E-state index in [1.54, 1.807) is 38.1 Å². The molecule has 252 valence electrons. The van der Waals surface area contributed by atoms with Crippen LogP contribution in [0.1, 0.15) is 72.3 Å². The summed E-state index contributed by atoms with van der Waals surface area (Å²) < 4.78 is 39.8. The molecule has 46 heavy (non-hydrogen) atoms. The highest BCUT2D eigenvalue weighted by molar-refractivity contribution is 5.93. The van der Waals surface area contributed by atoms with Gasteiger partial charge in [0.25, 0.3) is 0 Å². The number of nitrogens with two attached hydrogens (primary N) is 1. The first-order chi connectivity index (χ1) is 21.7. The minimum absolute atomic E-state index is 0.0370. The number of alkyl carbamates (subject to hydrolysis) is 1. The van der Waals surface area contributed by atoms with E-state index >= 15 is 0 Å². The number of aliphatic imine (C=N–C) groups is 1. The number of likely N-dealkylation sites (tertiary alicyclic amines) is 1. The normalized spacial score (nSPS) is 20.2. The highest BCUT2D eigenvalue weighted by Gasteiger charge is 2.38. The lowest BCUT2D eigenvalue weighted by atomic mass is 9.84. The van der Waals surface area contributed by atoms with Gasteiger partial charge in [0.15, 0.2) is 5.75 Å². The molecule has 0 bridgehead atoms. The molecule has 0 spiro atoms. The van der Waals surface area contributed by atoms with Crippen molar-refractivity contribution < 1.29 is 27.8 Å². The Morgan fingerprint density at radius 3 is 2.39 bits per heavy atom. The summed E-state index contributed by atoms with van der Waals surface area (Å²) in [6.07, 6.45) is 5.24. The number of carbonyl (C=O) groups is 2. The summed E-state index contributed by atoms with van der Waals surface area (Å²) in [5, 5.41) is 2.85. The van der Waals surface area contributed by atoms with E-state index in [-0.39, 0.29) is 11.9 Å². The molecule has 13 heteroatoms. The Hall–Kier alpha value is -4.03. The fourth-order valence-corrected chi connectivity index (χ4v) is 5.81. The zero-order valence-electron chi connectivity index (χ0n) is 27.6. The molecule has 0 radical (unpaired) electrons. The van der Waals surface area contributed by atoms with Gasteiger partial charge >= 0.3 is 12.1 Å². The maximum Gasteiger partial charge on any atom is 0.407 e. The van der Waals surface area contributed by atoms with Crippen LogP contribution >= 0.6 is 0 Å². The second-order valence-electron chi connectivity index (χ2n) is 13.6. The van der Waals surface area contributed by atoms with E-state index in [1.165, 1.54) is 12.1 Å². The van der Waals surface area contributed by atoms with E-state index in [0.717, 1.165) is 25.3 Å². The Labute approximate surface area is 269 Å². The number of carbonyl (C=O) groups excluding carboxylic acids is 2. The first-order valence-corrected chi connectivity index (χ1v) is 16.0. The zero-order chi connectivity index (χ0) is 33.6. The van der Waals surface area contributed by atoms with Crippen LogP contribution in [0.3, 0.4) is 0 Å². The van der Waals surface area contributed by atoms with Crippen molar-refractivity contribution in [3.63, 3.8) is 0 Å². The molecule has 2 aromatic rings. The lowest BCUT2D eigenvalue weighted by molar-refractivity contribution is 0.0504. The van der Waals surface area contributed by atoms with Gasteiger partial charge in [-0.3, -0.25) is 0 Å². The molecule has 3 heterocycles. The molecular formula is C33H47F2N7O4. The quantitative estimate of drug-likeness (QED) is 0.270. The first-order valence-electron chi connectivity index (χ1n) is 16.0. The number of nitrogens with zero attached hydrogens (tertiary/aromatic N) is 5. The molecule has 3 atom stereocenters. The number of halogens is 2. The van der Waals surface area contributed by atoms with Crippen LogP contribution in [0.4, 0.5) is 24.3 Å². The minimum Gasteiger partial charge on any atom is -0.490 e. The van der Waals surface area contributed by atoms with Crippen molar-refractivity contribution >= 4 is 23.9 Å². The Morgan fingerprint density at radius 2 is 1.78 bits per heavy atom. The number of benzene rings is 1. The van der Waals surface area contributed by atoms with E-state index in [1.807, 2.05) is 18.7 Å². The van der Waals surface area contributed by atoms with Crippen molar-refractivity contribution in [2.75, 3.05) is 37.7 Å². The fourth-order valence-electron chi connectivity index (χ4n) is 5.81. The zero-order valence-corrected chi connectivity index (χ0v) is 27.6. The summed E-state index contributed by atoms with van der Waals surface area (Å²) in [6.45, 7) is 13.8. The van der Waals surface area contributed by atoms with E-state index in [4.69, 9.17) is 15.2 Å². The van der Waals surface area contributed by atoms with Crippen molar-refractivity contribution in [2.45, 2.75) is 78.4 Å². The maximum absolute atomic E-state index is 14.8. The highest BCUT2D eigenvalue weighted by Crippen LogP contribution is 2.32. The summed E-state index contributed by atoms with van der Waals surface area (Å²) in [4.78, 5) is 41.6. The third-order valence-corrected chi connectivity index (χ3v) is 8.55. The number of urea groups is 1. The van der Waals surface area contributed by atoms with Crippen LogP contribution in [0.15, 0.2) is 35.6 Å². The molecule has 1 aromatic carbocycles. The molecule has 2 aliphatic rings. The predicted molar refractivity (Wildman–Crippen MR) is 172 cm³/mol. The van der Waals surface area contributed by atoms with Gasteiger partial charge in [0.1, 0.15) is 23.1 Å². The summed E-state index contributed by atoms with van der Waals surface area (Å²) in [6, 6.07) is 2.68. The predicted octanol–water partition coefficient (Wildman–Crippen LogP) is 5.50. The van der Waals surface area contributed by atoms with Crippen molar-refractivity contribution in [1.82, 2.24) is 20.2 Å². The Balaban J connectivity index is 1.30. The van der Waals surface area contributed by atoms with E-state index in [0.29, 0.717) is 67.7 Å². The van der Waals surface area contributed by atoms with Crippen LogP contribution in [-0.4, -0.2) is 77.3 Å². The number of amides is 3. The number of aromatic nitrogens is 2. The van der Waals surface area contributed by atoms with Crippen LogP contribution < -0.4 is 20.7 Å². The van der Waals surface area contributed by atoms with Gasteiger partial charge in [-0.2, -0.15) is 4.99 Å². The molecule has 4 rings (SSSR count). The average Bonchev–Trinajstić information content (AvgIpc) is 3.39. The van der Waals surface area contributed by atoms with E-state index in [9.17, 15) is 18.4 Å². The number of hydrogen-bond donors (Lipinski definition) is 2. The molecule has 0 saturated carbocycles. The maximum atomic E-state index is 14.8. The average molecular weight is 644 g/mol. The number of hydrogen-bond acceptors (Lipinski definition) is 7. The van der Waals surface area contributed by atoms with E-state index < -0.39 is 35.3 Å². The fraction of sp³-hybridized carbons (Fsp3) is 0.606. The van der Waals surface area contributed by atoms with Gasteiger partial charge in [0.2, 0.25) is 5.95 Å². The van der Waals surface area contributed by atoms with Gasteiger partial charge in [-0.15, -0.1) is 0 Å². The van der Waals surface area contributed by atoms with Crippen LogP contribution in [-0.2, 0) is 4.74 Å². The van der Waals surface area contributed by atoms with Crippen molar-refractivity contribution in [3.8, 4) is 5.75 Å². The van der Waals surface area contributed by atoms with Crippen LogP contribution in [0.25, 0.3) is 0 Å². The number of piperidine rings is 1. The molecular weight excluding hydrogens is 596 g/mol. The standard InChI is InChI=1S/C33H47F2N7O4/c1-20(2)29(36)40-31(43)41-12-9-22(10-13-41)21(3)11-14-45-24-16-37-30(38-17-24)42-18-26(25-8-7-23(34)15-27(25)35)28(19-42)39-32(44)46-33(4,5)6/h7-8,15-17,20-22,26,28H,9-14,18-19H2,1-6H3,(H,39,44)(H2,36,40,43)/t21-,26-,28+/m1/s1. The lowest BCUT2D eigenvalue weighted by Gasteiger charge is -2.34. The molecule has 0 aliphatic carbocycles. The number of nitrogens with one attached hydrogen (secondary N) is 1. The molecule has 1 aromatic heterocycles. The summed E-state index contributed by atoms with van der Waals surface area (Å²) in [5.74, 6) is 0.388. The molecule has 2 saturated heterocycles. The second kappa shape index (κ2) is 15.0. The van der Waals surface area contributed by atoms with Crippen LogP contribution in [0.5, 0.6) is 5.75 Å². The monoisotopic (exact) mass is 643 g/mol. The van der Waals surface area contributed by atoms with Gasteiger partial charge in [0.05, 0.1) is 25.0 Å². The van der Waals surface area contributed by atoms with Crippen molar-refractivity contribution in [1.29, 1.82) is 0 Å². The minimum atomic E-state index is -0.703. The highest BCUT2D eigenvalue weighted by atomic mass is 19.1. The Kier molecular flexibility index (Phi) is 11.4. The van der Waals surface area contributed by atoms with Gasteiger partial charge in [-0.1, -0.05) is 26.8 Å². The van der Waals surface area contributed by atoms with Gasteiger partial charge in [-0.05, 0) is 63.5 Å². The molecule has 2 aliphatic heterocycles. The SMILES string of the molecule is CC(C)/C(N)=N/C(=O)N1CCC([C@H](C)CCOc2cnc(N3C[C@H](NC(=O)OC(C)(C)C)[C@@H](c4ccc(F)cc4F)C3)nc2)CC1. The molecule has 11 nitrogen and oxygen atoms in total. The van der Waals surface area contributed by atoms with Crippen molar-refractivity contribution in [3.05, 3.63) is 47.8 Å². The van der Waals surface area contributed by atoms with Crippen LogP contribution in [0.2, 0.25) is 0 Å². The molecule has 0 unspecified atom stereocenters. The second-order valence-corrected chi connectivity index (χ2v) is 13.6. The molecule has 3 amide bonds. The Bertz CT molecular complexity index is 1380. The van der Waals surface area contributed by atoms with E-state index in [2.05, 4.69) is 27.2 Å². The third-order valence-electron chi connectivity index (χ3n) is 8.55. The van der Waals surface area contributed by atoms with Gasteiger partial charge in [-0.25, -0.2) is 28.3 Å². The number of rotatable bonds is 9. The number of amidine groups is 1. The number of anilines is 1. The van der Waals surface area contributed by atoms with Crippen molar-refractivity contribution in [2.24, 2.45) is 28.5 Å². The van der Waals surface area contributed by atoms with Gasteiger partial charge < -0.3 is 30.3 Å². The summed E-state index contributed by atoms with van der Waals surface area (Å²) >= 11 is 0. The van der Waals surface area contributed by atoms with Crippen LogP contribution in [0, 0.1) is 29.4 Å². The topological polar surface area (TPSA) is 135 Å². The largest absolute Gasteiger partial charge is 0.490 e. The smallest absolute Gasteiger partial charge is 0.407 e. The molecule has 3 N–H and O–H groups in total. The lowest BCUT2D eigenvalue weighted by Crippen LogP contribution is -2.43. The number of ether oxygens (including phenoxy) is 2. The molecule has 2 fully saturated rings. The third kappa shape index (κ3) is 9.49. The first kappa shape index (κ1) is 34.8.